The van der Waals surface area contributed by atoms with Crippen molar-refractivity contribution in [2.75, 3.05) is 17.8 Å². The molecule has 44 heavy (non-hydrogen) atoms. The van der Waals surface area contributed by atoms with Gasteiger partial charge in [0.25, 0.3) is 10.0 Å². The van der Waals surface area contributed by atoms with Crippen molar-refractivity contribution in [2.24, 2.45) is 5.92 Å². The van der Waals surface area contributed by atoms with Gasteiger partial charge in [0.2, 0.25) is 0 Å². The fourth-order valence-electron chi connectivity index (χ4n) is 5.76. The molecule has 9 nitrogen and oxygen atoms in total. The summed E-state index contributed by atoms with van der Waals surface area (Å²) in [4.78, 5) is 15.4. The highest BCUT2D eigenvalue weighted by atomic mass is 32.2. The summed E-state index contributed by atoms with van der Waals surface area (Å²) in [5.74, 6) is -0.265. The summed E-state index contributed by atoms with van der Waals surface area (Å²) in [5, 5.41) is 9.54. The van der Waals surface area contributed by atoms with Crippen molar-refractivity contribution in [3.8, 4) is 0 Å². The molecule has 5 unspecified atom stereocenters. The molecule has 2 saturated heterocycles. The summed E-state index contributed by atoms with van der Waals surface area (Å²) in [5.41, 5.74) is 2.38. The zero-order valence-electron chi connectivity index (χ0n) is 25.7. The van der Waals surface area contributed by atoms with Gasteiger partial charge in [-0.15, -0.1) is 0 Å². The Morgan fingerprint density at radius 2 is 1.64 bits per heavy atom. The van der Waals surface area contributed by atoms with Gasteiger partial charge in [0, 0.05) is 23.7 Å². The number of carbonyl (C=O) groups is 1. The zero-order valence-corrected chi connectivity index (χ0v) is 26.5. The lowest BCUT2D eigenvalue weighted by Crippen LogP contribution is -2.48. The topological polar surface area (TPSA) is 114 Å². The summed E-state index contributed by atoms with van der Waals surface area (Å²) in [7, 11) is -3.73. The van der Waals surface area contributed by atoms with Crippen molar-refractivity contribution in [1.29, 1.82) is 0 Å². The van der Waals surface area contributed by atoms with Gasteiger partial charge < -0.3 is 19.3 Å². The number of anilines is 1. The van der Waals surface area contributed by atoms with E-state index in [-0.39, 0.29) is 41.6 Å². The lowest BCUT2D eigenvalue weighted by Gasteiger charge is -2.43. The van der Waals surface area contributed by atoms with Crippen molar-refractivity contribution in [3.05, 3.63) is 95.6 Å². The second-order valence-corrected chi connectivity index (χ2v) is 14.2. The van der Waals surface area contributed by atoms with Gasteiger partial charge in [-0.1, -0.05) is 61.5 Å². The van der Waals surface area contributed by atoms with Crippen LogP contribution in [0.2, 0.25) is 0 Å². The van der Waals surface area contributed by atoms with Gasteiger partial charge in [0.1, 0.15) is 11.6 Å². The van der Waals surface area contributed by atoms with Gasteiger partial charge in [0.15, 0.2) is 6.29 Å². The van der Waals surface area contributed by atoms with E-state index in [9.17, 15) is 18.3 Å². The number of ether oxygens (including phenoxy) is 3. The molecule has 3 aromatic rings. The lowest BCUT2D eigenvalue weighted by atomic mass is 9.90. The number of nitrogens with one attached hydrogen (secondary N) is 1. The second-order valence-electron chi connectivity index (χ2n) is 12.5. The van der Waals surface area contributed by atoms with Crippen LogP contribution in [0.4, 0.5) is 5.69 Å². The van der Waals surface area contributed by atoms with Crippen LogP contribution in [0.15, 0.2) is 83.8 Å². The number of aliphatic hydroxyl groups excluding tert-OH is 1. The number of likely N-dealkylation sites (tertiary alicyclic amines) is 1. The molecule has 0 radical (unpaired) electrons. The number of hydrogen-bond acceptors (Lipinski definition) is 8. The standard InChI is InChI=1S/C34H42N2O7S/c1-23-30(21-36-20-8-11-29(36)32(38)43-34(2,3)4)41-33(42-31(23)25-14-12-24(22-37)13-15-25)26-16-18-27(19-17-26)35-44(39,40)28-9-6-5-7-10-28/h5-7,9-10,12-19,23,29-31,33,35,37H,8,11,20-22H2,1-4H3. The maximum atomic E-state index is 13.0. The Labute approximate surface area is 260 Å². The molecule has 2 aliphatic heterocycles. The number of aliphatic hydroxyl groups is 1. The number of benzene rings is 3. The Morgan fingerprint density at radius 1 is 0.977 bits per heavy atom. The van der Waals surface area contributed by atoms with Crippen LogP contribution in [-0.4, -0.2) is 55.2 Å². The molecular weight excluding hydrogens is 580 g/mol. The predicted octanol–water partition coefficient (Wildman–Crippen LogP) is 5.58. The number of carbonyl (C=O) groups excluding carboxylic acids is 1. The molecule has 0 bridgehead atoms. The van der Waals surface area contributed by atoms with Gasteiger partial charge >= 0.3 is 5.97 Å². The zero-order chi connectivity index (χ0) is 31.5. The largest absolute Gasteiger partial charge is 0.459 e. The molecule has 0 amide bonds. The van der Waals surface area contributed by atoms with Crippen LogP contribution in [0.3, 0.4) is 0 Å². The summed E-state index contributed by atoms with van der Waals surface area (Å²) in [6, 6.07) is 22.6. The summed E-state index contributed by atoms with van der Waals surface area (Å²) in [6.07, 6.45) is 0.335. The summed E-state index contributed by atoms with van der Waals surface area (Å²) in [6.45, 7) is 8.98. The molecule has 0 aliphatic carbocycles. The number of sulfonamides is 1. The highest BCUT2D eigenvalue weighted by Gasteiger charge is 2.42. The number of nitrogens with zero attached hydrogens (tertiary/aromatic N) is 1. The highest BCUT2D eigenvalue weighted by molar-refractivity contribution is 7.92. The fraction of sp³-hybridized carbons (Fsp3) is 0.441. The first-order valence-electron chi connectivity index (χ1n) is 15.1. The monoisotopic (exact) mass is 622 g/mol. The maximum Gasteiger partial charge on any atom is 0.323 e. The van der Waals surface area contributed by atoms with E-state index in [4.69, 9.17) is 14.2 Å². The third-order valence-corrected chi connectivity index (χ3v) is 9.47. The Hall–Kier alpha value is -3.28. The molecule has 2 heterocycles. The smallest absolute Gasteiger partial charge is 0.323 e. The Kier molecular flexibility index (Phi) is 9.77. The number of hydrogen-bond donors (Lipinski definition) is 2. The van der Waals surface area contributed by atoms with Crippen LogP contribution < -0.4 is 4.72 Å². The minimum atomic E-state index is -3.73. The first-order valence-corrected chi connectivity index (χ1v) is 16.6. The van der Waals surface area contributed by atoms with Gasteiger partial charge in [0.05, 0.1) is 23.7 Å². The van der Waals surface area contributed by atoms with Crippen LogP contribution in [0.25, 0.3) is 0 Å². The van der Waals surface area contributed by atoms with E-state index >= 15 is 0 Å². The molecule has 3 aromatic carbocycles. The molecule has 0 spiro atoms. The SMILES string of the molecule is CC1C(CN2CCCC2C(=O)OC(C)(C)C)OC(c2ccc(NS(=O)(=O)c3ccccc3)cc2)OC1c1ccc(CO)cc1. The molecular formula is C34H42N2O7S. The molecule has 2 N–H and O–H groups in total. The van der Waals surface area contributed by atoms with Crippen molar-refractivity contribution in [2.45, 2.75) is 82.2 Å². The van der Waals surface area contributed by atoms with Crippen molar-refractivity contribution in [3.63, 3.8) is 0 Å². The molecule has 236 valence electrons. The average Bonchev–Trinajstić information content (AvgIpc) is 3.47. The number of rotatable bonds is 9. The third-order valence-electron chi connectivity index (χ3n) is 8.07. The van der Waals surface area contributed by atoms with Crippen LogP contribution in [0, 0.1) is 5.92 Å². The Bertz CT molecular complexity index is 1510. The molecule has 2 fully saturated rings. The molecule has 10 heteroatoms. The van der Waals surface area contributed by atoms with Gasteiger partial charge in [-0.05, 0) is 75.5 Å². The fourth-order valence-corrected chi connectivity index (χ4v) is 6.84. The van der Waals surface area contributed by atoms with Crippen molar-refractivity contribution < 1.29 is 32.5 Å². The molecule has 5 atom stereocenters. The van der Waals surface area contributed by atoms with Crippen molar-refractivity contribution in [1.82, 2.24) is 4.90 Å². The van der Waals surface area contributed by atoms with E-state index in [0.29, 0.717) is 12.2 Å². The van der Waals surface area contributed by atoms with E-state index in [2.05, 4.69) is 16.5 Å². The average molecular weight is 623 g/mol. The van der Waals surface area contributed by atoms with E-state index in [1.54, 1.807) is 54.6 Å². The van der Waals surface area contributed by atoms with E-state index < -0.39 is 21.9 Å². The minimum Gasteiger partial charge on any atom is -0.459 e. The highest BCUT2D eigenvalue weighted by Crippen LogP contribution is 2.42. The molecule has 0 aromatic heterocycles. The lowest BCUT2D eigenvalue weighted by molar-refractivity contribution is -0.276. The van der Waals surface area contributed by atoms with Crippen LogP contribution >= 0.6 is 0 Å². The molecule has 2 aliphatic rings. The normalized spacial score (nSPS) is 24.6. The predicted molar refractivity (Wildman–Crippen MR) is 167 cm³/mol. The first kappa shape index (κ1) is 32.1. The van der Waals surface area contributed by atoms with Crippen molar-refractivity contribution >= 4 is 21.7 Å². The Morgan fingerprint density at radius 3 is 2.27 bits per heavy atom. The van der Waals surface area contributed by atoms with Gasteiger partial charge in [-0.2, -0.15) is 0 Å². The van der Waals surface area contributed by atoms with Gasteiger partial charge in [-0.3, -0.25) is 14.4 Å². The molecule has 0 saturated carbocycles. The maximum absolute atomic E-state index is 13.0. The first-order chi connectivity index (χ1) is 20.9. The van der Waals surface area contributed by atoms with E-state index in [1.807, 2.05) is 45.0 Å². The summed E-state index contributed by atoms with van der Waals surface area (Å²) >= 11 is 0. The minimum absolute atomic E-state index is 0.0445. The number of esters is 1. The van der Waals surface area contributed by atoms with Crippen LogP contribution in [0.1, 0.15) is 69.6 Å². The third kappa shape index (κ3) is 7.68. The summed E-state index contributed by atoms with van der Waals surface area (Å²) < 4.78 is 47.1. The quantitative estimate of drug-likeness (QED) is 0.298. The van der Waals surface area contributed by atoms with E-state index in [0.717, 1.165) is 36.1 Å². The second kappa shape index (κ2) is 13.4. The Balaban J connectivity index is 1.37. The van der Waals surface area contributed by atoms with Crippen LogP contribution in [-0.2, 0) is 35.6 Å². The van der Waals surface area contributed by atoms with Gasteiger partial charge in [-0.25, -0.2) is 8.42 Å². The van der Waals surface area contributed by atoms with E-state index in [1.165, 1.54) is 0 Å². The van der Waals surface area contributed by atoms with Crippen LogP contribution in [0.5, 0.6) is 0 Å². The molecule has 5 rings (SSSR count).